The van der Waals surface area contributed by atoms with Crippen LogP contribution in [0.1, 0.15) is 56.8 Å². The predicted molar refractivity (Wildman–Crippen MR) is 109 cm³/mol. The maximum Gasteiger partial charge on any atom is 0.410 e. The van der Waals surface area contributed by atoms with Crippen molar-refractivity contribution in [3.8, 4) is 0 Å². The van der Waals surface area contributed by atoms with Gasteiger partial charge in [0, 0.05) is 30.7 Å². The van der Waals surface area contributed by atoms with Gasteiger partial charge in [-0.3, -0.25) is 4.79 Å². The number of hydrogen-bond acceptors (Lipinski definition) is 3. The van der Waals surface area contributed by atoms with E-state index in [4.69, 9.17) is 4.74 Å². The number of benzene rings is 1. The van der Waals surface area contributed by atoms with Crippen LogP contribution in [0.15, 0.2) is 28.7 Å². The van der Waals surface area contributed by atoms with Crippen LogP contribution in [0.4, 0.5) is 4.79 Å². The first-order valence-corrected chi connectivity index (χ1v) is 10.5. The number of likely N-dealkylation sites (tertiary alicyclic amines) is 2. The van der Waals surface area contributed by atoms with Gasteiger partial charge in [-0.15, -0.1) is 0 Å². The van der Waals surface area contributed by atoms with Crippen LogP contribution < -0.4 is 0 Å². The van der Waals surface area contributed by atoms with Crippen LogP contribution in [0.5, 0.6) is 0 Å². The number of amides is 2. The largest absolute Gasteiger partial charge is 0.444 e. The van der Waals surface area contributed by atoms with E-state index in [0.717, 1.165) is 61.9 Å². The van der Waals surface area contributed by atoms with Crippen molar-refractivity contribution in [2.45, 2.75) is 52.1 Å². The molecule has 0 N–H and O–H groups in total. The highest BCUT2D eigenvalue weighted by Crippen LogP contribution is 2.41. The smallest absolute Gasteiger partial charge is 0.410 e. The second-order valence-electron chi connectivity index (χ2n) is 8.74. The van der Waals surface area contributed by atoms with Gasteiger partial charge in [0.2, 0.25) is 0 Å². The maximum atomic E-state index is 12.8. The summed E-state index contributed by atoms with van der Waals surface area (Å²) >= 11 is 3.48. The summed E-state index contributed by atoms with van der Waals surface area (Å²) in [6, 6.07) is 7.60. The Morgan fingerprint density at radius 1 is 0.963 bits per heavy atom. The first-order valence-electron chi connectivity index (χ1n) is 9.71. The van der Waals surface area contributed by atoms with Crippen molar-refractivity contribution >= 4 is 27.9 Å². The fraction of sp³-hybridized carbons (Fsp3) is 0.619. The van der Waals surface area contributed by atoms with E-state index >= 15 is 0 Å². The molecule has 2 amide bonds. The third kappa shape index (κ3) is 4.84. The van der Waals surface area contributed by atoms with Crippen LogP contribution in [0.25, 0.3) is 0 Å². The monoisotopic (exact) mass is 436 g/mol. The van der Waals surface area contributed by atoms with E-state index in [0.29, 0.717) is 0 Å². The van der Waals surface area contributed by atoms with Crippen molar-refractivity contribution in [2.24, 2.45) is 5.41 Å². The fourth-order valence-corrected chi connectivity index (χ4v) is 4.43. The molecule has 1 aromatic carbocycles. The Morgan fingerprint density at radius 3 is 2.00 bits per heavy atom. The van der Waals surface area contributed by atoms with E-state index in [9.17, 15) is 9.59 Å². The van der Waals surface area contributed by atoms with Crippen molar-refractivity contribution < 1.29 is 14.3 Å². The summed E-state index contributed by atoms with van der Waals surface area (Å²) in [6.45, 7) is 8.75. The number of hydrogen-bond donors (Lipinski definition) is 0. The quantitative estimate of drug-likeness (QED) is 0.640. The minimum absolute atomic E-state index is 0.100. The highest BCUT2D eigenvalue weighted by Gasteiger charge is 2.40. The predicted octanol–water partition coefficient (Wildman–Crippen LogP) is 4.70. The van der Waals surface area contributed by atoms with Crippen LogP contribution in [0.3, 0.4) is 0 Å². The molecule has 1 spiro atoms. The zero-order valence-corrected chi connectivity index (χ0v) is 18.0. The van der Waals surface area contributed by atoms with Gasteiger partial charge in [0.25, 0.3) is 5.91 Å². The number of nitrogens with zero attached hydrogens (tertiary/aromatic N) is 2. The summed E-state index contributed by atoms with van der Waals surface area (Å²) in [5, 5.41) is 0. The summed E-state index contributed by atoms with van der Waals surface area (Å²) in [4.78, 5) is 28.8. The molecule has 0 unspecified atom stereocenters. The molecule has 1 aromatic rings. The molecule has 3 rings (SSSR count). The average Bonchev–Trinajstić information content (AvgIpc) is 2.61. The fourth-order valence-electron chi connectivity index (χ4n) is 3.98. The molecular weight excluding hydrogens is 408 g/mol. The Morgan fingerprint density at radius 2 is 1.48 bits per heavy atom. The second kappa shape index (κ2) is 7.82. The third-order valence-corrected chi connectivity index (χ3v) is 6.38. The Bertz CT molecular complexity index is 696. The van der Waals surface area contributed by atoms with Gasteiger partial charge >= 0.3 is 6.09 Å². The van der Waals surface area contributed by atoms with Gasteiger partial charge in [-0.05, 0) is 79.9 Å². The molecule has 0 bridgehead atoms. The summed E-state index contributed by atoms with van der Waals surface area (Å²) < 4.78 is 6.34. The molecule has 2 aliphatic heterocycles. The van der Waals surface area contributed by atoms with Crippen molar-refractivity contribution in [1.82, 2.24) is 9.80 Å². The molecule has 27 heavy (non-hydrogen) atoms. The summed E-state index contributed by atoms with van der Waals surface area (Å²) in [5.74, 6) is 0.100. The SMILES string of the molecule is CC(C)(C)OC(=O)N1CCC2(CC1)CCN(C(=O)c1ccccc1Br)CC2. The summed E-state index contributed by atoms with van der Waals surface area (Å²) in [5.41, 5.74) is 0.528. The lowest BCUT2D eigenvalue weighted by Crippen LogP contribution is -2.50. The second-order valence-corrected chi connectivity index (χ2v) is 9.59. The number of carbonyl (C=O) groups excluding carboxylic acids is 2. The van der Waals surface area contributed by atoms with E-state index in [1.807, 2.05) is 54.8 Å². The van der Waals surface area contributed by atoms with Gasteiger partial charge in [0.1, 0.15) is 5.60 Å². The van der Waals surface area contributed by atoms with Gasteiger partial charge in [-0.2, -0.15) is 0 Å². The molecule has 2 heterocycles. The lowest BCUT2D eigenvalue weighted by molar-refractivity contribution is -0.00114. The van der Waals surface area contributed by atoms with Gasteiger partial charge < -0.3 is 14.5 Å². The number of rotatable bonds is 1. The van der Waals surface area contributed by atoms with Gasteiger partial charge in [0.05, 0.1) is 5.56 Å². The van der Waals surface area contributed by atoms with Crippen molar-refractivity contribution in [3.05, 3.63) is 34.3 Å². The molecule has 0 saturated carbocycles. The topological polar surface area (TPSA) is 49.9 Å². The number of carbonyl (C=O) groups is 2. The molecule has 0 radical (unpaired) electrons. The van der Waals surface area contributed by atoms with Gasteiger partial charge in [0.15, 0.2) is 0 Å². The number of piperidine rings is 2. The first kappa shape index (κ1) is 20.2. The first-order chi connectivity index (χ1) is 12.7. The Labute approximate surface area is 170 Å². The van der Waals surface area contributed by atoms with Crippen LogP contribution in [0, 0.1) is 5.41 Å². The molecule has 148 valence electrons. The maximum absolute atomic E-state index is 12.8. The van der Waals surface area contributed by atoms with E-state index in [1.54, 1.807) is 0 Å². The van der Waals surface area contributed by atoms with Crippen LogP contribution in [-0.4, -0.2) is 53.6 Å². The number of ether oxygens (including phenoxy) is 1. The van der Waals surface area contributed by atoms with Crippen LogP contribution in [-0.2, 0) is 4.74 Å². The summed E-state index contributed by atoms with van der Waals surface area (Å²) in [6.07, 6.45) is 3.78. The molecular formula is C21H29BrN2O3. The molecule has 6 heteroatoms. The van der Waals surface area contributed by atoms with Gasteiger partial charge in [-0.25, -0.2) is 4.79 Å². The molecule has 0 aliphatic carbocycles. The van der Waals surface area contributed by atoms with Crippen molar-refractivity contribution in [2.75, 3.05) is 26.2 Å². The average molecular weight is 437 g/mol. The summed E-state index contributed by atoms with van der Waals surface area (Å²) in [7, 11) is 0. The highest BCUT2D eigenvalue weighted by molar-refractivity contribution is 9.10. The minimum Gasteiger partial charge on any atom is -0.444 e. The van der Waals surface area contributed by atoms with Gasteiger partial charge in [-0.1, -0.05) is 12.1 Å². The van der Waals surface area contributed by atoms with Crippen molar-refractivity contribution in [1.29, 1.82) is 0 Å². The third-order valence-electron chi connectivity index (χ3n) is 5.69. The Balaban J connectivity index is 1.53. The zero-order chi connectivity index (χ0) is 19.7. The van der Waals surface area contributed by atoms with Crippen molar-refractivity contribution in [3.63, 3.8) is 0 Å². The standard InChI is InChI=1S/C21H29BrN2O3/c1-20(2,3)27-19(26)24-14-10-21(11-15-24)8-12-23(13-9-21)18(25)16-6-4-5-7-17(16)22/h4-7H,8-15H2,1-3H3. The molecule has 2 aliphatic rings. The molecule has 5 nitrogen and oxygen atoms in total. The lowest BCUT2D eigenvalue weighted by atomic mass is 9.71. The van der Waals surface area contributed by atoms with E-state index in [1.165, 1.54) is 0 Å². The van der Waals surface area contributed by atoms with Crippen LogP contribution in [0.2, 0.25) is 0 Å². The van der Waals surface area contributed by atoms with E-state index in [-0.39, 0.29) is 17.4 Å². The number of halogens is 1. The Hall–Kier alpha value is -1.56. The Kier molecular flexibility index (Phi) is 5.84. The molecule has 2 saturated heterocycles. The molecule has 0 atom stereocenters. The molecule has 2 fully saturated rings. The van der Waals surface area contributed by atoms with E-state index < -0.39 is 5.60 Å². The zero-order valence-electron chi connectivity index (χ0n) is 16.5. The highest BCUT2D eigenvalue weighted by atomic mass is 79.9. The lowest BCUT2D eigenvalue weighted by Gasteiger charge is -2.46. The molecule has 0 aromatic heterocycles. The minimum atomic E-state index is -0.455. The van der Waals surface area contributed by atoms with E-state index in [2.05, 4.69) is 15.9 Å². The van der Waals surface area contributed by atoms with Crippen LogP contribution >= 0.6 is 15.9 Å². The normalized spacial score (nSPS) is 19.9.